The molecular formula is C26H28O4S. The molecule has 0 amide bonds. The molecule has 2 atom stereocenters. The summed E-state index contributed by atoms with van der Waals surface area (Å²) in [6.07, 6.45) is 2.61. The number of aliphatic hydroxyl groups excluding tert-OH is 2. The molecule has 1 aliphatic rings. The molecule has 31 heavy (non-hydrogen) atoms. The molecule has 3 aromatic carbocycles. The Morgan fingerprint density at radius 1 is 0.806 bits per heavy atom. The fourth-order valence-corrected chi connectivity index (χ4v) is 4.78. The van der Waals surface area contributed by atoms with Crippen LogP contribution in [0.1, 0.15) is 25.0 Å². The lowest BCUT2D eigenvalue weighted by Crippen LogP contribution is -2.17. The molecule has 0 bridgehead atoms. The van der Waals surface area contributed by atoms with Crippen molar-refractivity contribution in [3.05, 3.63) is 76.7 Å². The van der Waals surface area contributed by atoms with E-state index in [1.807, 2.05) is 42.5 Å². The van der Waals surface area contributed by atoms with Crippen LogP contribution in [0.3, 0.4) is 0 Å². The number of fused-ring (bicyclic) bond motifs is 2. The summed E-state index contributed by atoms with van der Waals surface area (Å²) >= 11 is 1.77. The molecule has 2 N–H and O–H groups in total. The van der Waals surface area contributed by atoms with Crippen molar-refractivity contribution in [1.82, 2.24) is 0 Å². The number of allylic oxidation sites excluding steroid dienone is 2. The molecule has 0 aliphatic heterocycles. The molecule has 0 aromatic heterocycles. The number of thioether (sulfide) groups is 1. The first-order chi connectivity index (χ1) is 15.0. The predicted octanol–water partition coefficient (Wildman–Crippen LogP) is 5.13. The maximum Gasteiger partial charge on any atom is 0.131 e. The minimum absolute atomic E-state index is 0.231. The van der Waals surface area contributed by atoms with Crippen LogP contribution in [-0.4, -0.2) is 35.6 Å². The second kappa shape index (κ2) is 9.77. The van der Waals surface area contributed by atoms with Gasteiger partial charge in [-0.15, -0.1) is 0 Å². The zero-order chi connectivity index (χ0) is 21.8. The smallest absolute Gasteiger partial charge is 0.131 e. The van der Waals surface area contributed by atoms with E-state index < -0.39 is 12.2 Å². The first kappa shape index (κ1) is 21.8. The lowest BCUT2D eigenvalue weighted by atomic mass is 9.90. The lowest BCUT2D eigenvalue weighted by molar-refractivity contribution is 0.121. The Hall–Kier alpha value is -2.47. The van der Waals surface area contributed by atoms with E-state index in [9.17, 15) is 10.2 Å². The Kier molecular flexibility index (Phi) is 6.86. The standard InChI is InChI=1S/C26H28O4S/c1-17(27)15-29-25-21-10-6-7-11-22(21)26(30-16-18(2)28)24-14-20(12-13-23(24)25)31-19-8-4-3-5-9-19/h3-12,17-18,27-28H,13-16H2,1-2H3. The van der Waals surface area contributed by atoms with Crippen LogP contribution in [0.4, 0.5) is 0 Å². The van der Waals surface area contributed by atoms with E-state index in [1.54, 1.807) is 25.6 Å². The summed E-state index contributed by atoms with van der Waals surface area (Å²) in [6.45, 7) is 3.92. The Morgan fingerprint density at radius 3 is 1.94 bits per heavy atom. The topological polar surface area (TPSA) is 58.9 Å². The predicted molar refractivity (Wildman–Crippen MR) is 126 cm³/mol. The number of hydrogen-bond donors (Lipinski definition) is 2. The molecule has 1 aliphatic carbocycles. The van der Waals surface area contributed by atoms with Gasteiger partial charge in [-0.1, -0.05) is 60.3 Å². The number of rotatable bonds is 8. The number of aliphatic hydroxyl groups is 2. The van der Waals surface area contributed by atoms with Gasteiger partial charge in [0.15, 0.2) is 0 Å². The van der Waals surface area contributed by atoms with Gasteiger partial charge in [0.25, 0.3) is 0 Å². The molecule has 0 spiro atoms. The van der Waals surface area contributed by atoms with Crippen molar-refractivity contribution in [3.63, 3.8) is 0 Å². The maximum atomic E-state index is 9.84. The third kappa shape index (κ3) is 5.06. The quantitative estimate of drug-likeness (QED) is 0.512. The van der Waals surface area contributed by atoms with Gasteiger partial charge in [-0.05, 0) is 37.3 Å². The Bertz CT molecular complexity index is 1070. The fraction of sp³-hybridized carbons (Fsp3) is 0.308. The minimum atomic E-state index is -0.558. The van der Waals surface area contributed by atoms with Crippen molar-refractivity contribution in [2.75, 3.05) is 13.2 Å². The highest BCUT2D eigenvalue weighted by Crippen LogP contribution is 2.46. The maximum absolute atomic E-state index is 9.84. The van der Waals surface area contributed by atoms with E-state index in [0.717, 1.165) is 46.2 Å². The van der Waals surface area contributed by atoms with E-state index >= 15 is 0 Å². The third-order valence-corrected chi connectivity index (χ3v) is 6.22. The molecule has 0 fully saturated rings. The van der Waals surface area contributed by atoms with Gasteiger partial charge < -0.3 is 19.7 Å². The Morgan fingerprint density at radius 2 is 1.35 bits per heavy atom. The molecule has 0 heterocycles. The van der Waals surface area contributed by atoms with Gasteiger partial charge in [-0.2, -0.15) is 0 Å². The Balaban J connectivity index is 1.78. The highest BCUT2D eigenvalue weighted by atomic mass is 32.2. The van der Waals surface area contributed by atoms with Crippen molar-refractivity contribution in [2.24, 2.45) is 0 Å². The molecule has 4 nitrogen and oxygen atoms in total. The van der Waals surface area contributed by atoms with Crippen LogP contribution in [0.15, 0.2) is 70.5 Å². The zero-order valence-corrected chi connectivity index (χ0v) is 18.7. The van der Waals surface area contributed by atoms with Crippen molar-refractivity contribution in [2.45, 2.75) is 43.8 Å². The molecule has 162 valence electrons. The summed E-state index contributed by atoms with van der Waals surface area (Å²) in [5, 5.41) is 21.6. The second-order valence-electron chi connectivity index (χ2n) is 7.95. The molecule has 5 heteroatoms. The monoisotopic (exact) mass is 436 g/mol. The molecular weight excluding hydrogens is 408 g/mol. The summed E-state index contributed by atoms with van der Waals surface area (Å²) in [4.78, 5) is 2.47. The molecule has 3 aromatic rings. The van der Waals surface area contributed by atoms with Crippen LogP contribution in [0.2, 0.25) is 0 Å². The number of hydrogen-bond acceptors (Lipinski definition) is 5. The summed E-state index contributed by atoms with van der Waals surface area (Å²) in [6, 6.07) is 18.4. The van der Waals surface area contributed by atoms with E-state index in [2.05, 4.69) is 18.2 Å². The summed E-state index contributed by atoms with van der Waals surface area (Å²) in [5.41, 5.74) is 2.19. The lowest BCUT2D eigenvalue weighted by Gasteiger charge is -2.26. The van der Waals surface area contributed by atoms with Crippen LogP contribution in [0.5, 0.6) is 11.5 Å². The first-order valence-corrected chi connectivity index (χ1v) is 11.4. The van der Waals surface area contributed by atoms with Crippen molar-refractivity contribution in [3.8, 4) is 11.5 Å². The minimum Gasteiger partial charge on any atom is -0.490 e. The average Bonchev–Trinajstić information content (AvgIpc) is 2.76. The van der Waals surface area contributed by atoms with E-state index in [0.29, 0.717) is 0 Å². The van der Waals surface area contributed by atoms with Crippen molar-refractivity contribution < 1.29 is 19.7 Å². The summed E-state index contributed by atoms with van der Waals surface area (Å²) in [7, 11) is 0. The molecule has 4 rings (SSSR count). The van der Waals surface area contributed by atoms with E-state index in [1.165, 1.54) is 9.80 Å². The van der Waals surface area contributed by atoms with Gasteiger partial charge in [0.05, 0.1) is 12.2 Å². The van der Waals surface area contributed by atoms with Gasteiger partial charge in [-0.25, -0.2) is 0 Å². The SMILES string of the molecule is CC(O)COc1c2c(c(OCC(C)O)c3ccccc13)CC(Sc1ccccc1)=CC2. The van der Waals surface area contributed by atoms with Gasteiger partial charge in [-0.3, -0.25) is 0 Å². The molecule has 2 unspecified atom stereocenters. The van der Waals surface area contributed by atoms with E-state index in [-0.39, 0.29) is 13.2 Å². The summed E-state index contributed by atoms with van der Waals surface area (Å²) < 4.78 is 12.3. The number of ether oxygens (including phenoxy) is 2. The fourth-order valence-electron chi connectivity index (χ4n) is 3.80. The van der Waals surface area contributed by atoms with Crippen LogP contribution >= 0.6 is 11.8 Å². The average molecular weight is 437 g/mol. The summed E-state index contributed by atoms with van der Waals surface area (Å²) in [5.74, 6) is 1.63. The highest BCUT2D eigenvalue weighted by Gasteiger charge is 2.25. The van der Waals surface area contributed by atoms with Crippen LogP contribution in [-0.2, 0) is 12.8 Å². The van der Waals surface area contributed by atoms with Crippen LogP contribution in [0.25, 0.3) is 10.8 Å². The van der Waals surface area contributed by atoms with Crippen LogP contribution in [0, 0.1) is 0 Å². The normalized spacial score (nSPS) is 15.2. The number of benzene rings is 3. The van der Waals surface area contributed by atoms with Gasteiger partial charge in [0.1, 0.15) is 24.7 Å². The first-order valence-electron chi connectivity index (χ1n) is 10.6. The van der Waals surface area contributed by atoms with Crippen molar-refractivity contribution in [1.29, 1.82) is 0 Å². The third-order valence-electron chi connectivity index (χ3n) is 5.14. The Labute approximate surface area is 187 Å². The van der Waals surface area contributed by atoms with Gasteiger partial charge in [0.2, 0.25) is 0 Å². The zero-order valence-electron chi connectivity index (χ0n) is 17.9. The largest absolute Gasteiger partial charge is 0.490 e. The molecule has 0 radical (unpaired) electrons. The van der Waals surface area contributed by atoms with Gasteiger partial charge in [0, 0.05) is 33.2 Å². The highest BCUT2D eigenvalue weighted by molar-refractivity contribution is 8.03. The second-order valence-corrected chi connectivity index (χ2v) is 9.15. The van der Waals surface area contributed by atoms with E-state index in [4.69, 9.17) is 9.47 Å². The van der Waals surface area contributed by atoms with Crippen molar-refractivity contribution >= 4 is 22.5 Å². The van der Waals surface area contributed by atoms with Gasteiger partial charge >= 0.3 is 0 Å². The molecule has 0 saturated carbocycles. The van der Waals surface area contributed by atoms with Crippen LogP contribution < -0.4 is 9.47 Å². The molecule has 0 saturated heterocycles.